The van der Waals surface area contributed by atoms with E-state index in [-0.39, 0.29) is 45.7 Å². The Labute approximate surface area is 185 Å². The fourth-order valence-electron chi connectivity index (χ4n) is 3.76. The molecule has 1 N–H and O–H groups in total. The lowest BCUT2D eigenvalue weighted by Gasteiger charge is -2.23. The number of ketones is 1. The van der Waals surface area contributed by atoms with Crippen LogP contribution in [0, 0.1) is 18.3 Å². The van der Waals surface area contributed by atoms with Gasteiger partial charge < -0.3 is 13.9 Å². The van der Waals surface area contributed by atoms with Crippen LogP contribution in [0.4, 0.5) is 5.88 Å². The number of hydrogen-bond acceptors (Lipinski definition) is 8. The molecule has 32 heavy (non-hydrogen) atoms. The Bertz CT molecular complexity index is 1210. The first-order chi connectivity index (χ1) is 15.1. The Morgan fingerprint density at radius 3 is 2.53 bits per heavy atom. The second kappa shape index (κ2) is 9.02. The molecule has 11 heteroatoms. The summed E-state index contributed by atoms with van der Waals surface area (Å²) in [4.78, 5) is 24.7. The van der Waals surface area contributed by atoms with Crippen molar-refractivity contribution in [2.45, 2.75) is 37.6 Å². The van der Waals surface area contributed by atoms with Crippen LogP contribution in [0.5, 0.6) is 11.5 Å². The number of ether oxygens (including phenoxy) is 2. The van der Waals surface area contributed by atoms with E-state index in [1.807, 2.05) is 6.07 Å². The first-order valence-electron chi connectivity index (χ1n) is 9.74. The molecule has 2 aromatic rings. The highest BCUT2D eigenvalue weighted by atomic mass is 32.2. The van der Waals surface area contributed by atoms with Crippen molar-refractivity contribution in [3.8, 4) is 17.6 Å². The van der Waals surface area contributed by atoms with Crippen LogP contribution in [0.25, 0.3) is 0 Å². The first-order valence-corrected chi connectivity index (χ1v) is 11.2. The molecular formula is C21H23N3O7S. The maximum absolute atomic E-state index is 13.3. The van der Waals surface area contributed by atoms with Gasteiger partial charge in [0.2, 0.25) is 21.8 Å². The second-order valence-electron chi connectivity index (χ2n) is 7.19. The van der Waals surface area contributed by atoms with Crippen molar-refractivity contribution in [1.29, 1.82) is 5.26 Å². The van der Waals surface area contributed by atoms with Crippen LogP contribution in [-0.4, -0.2) is 51.2 Å². The number of nitrogens with one attached hydrogen (secondary N) is 1. The summed E-state index contributed by atoms with van der Waals surface area (Å²) < 4.78 is 43.4. The van der Waals surface area contributed by atoms with E-state index in [4.69, 9.17) is 13.9 Å². The molecule has 1 saturated heterocycles. The molecular weight excluding hydrogens is 438 g/mol. The van der Waals surface area contributed by atoms with E-state index < -0.39 is 22.0 Å². The Morgan fingerprint density at radius 1 is 1.25 bits per heavy atom. The maximum Gasteiger partial charge on any atom is 0.245 e. The van der Waals surface area contributed by atoms with E-state index in [1.54, 1.807) is 0 Å². The predicted octanol–water partition coefficient (Wildman–Crippen LogP) is 2.47. The number of aryl methyl sites for hydroxylation is 1. The number of carbonyl (C=O) groups is 2. The largest absolute Gasteiger partial charge is 0.493 e. The minimum absolute atomic E-state index is 0.0414. The Morgan fingerprint density at radius 2 is 1.94 bits per heavy atom. The number of hydrogen-bond donors (Lipinski definition) is 1. The quantitative estimate of drug-likeness (QED) is 0.621. The number of furan rings is 1. The molecule has 1 aliphatic rings. The molecule has 0 spiro atoms. The summed E-state index contributed by atoms with van der Waals surface area (Å²) in [6, 6.07) is 5.05. The fourth-order valence-corrected chi connectivity index (χ4v) is 5.43. The molecule has 0 bridgehead atoms. The minimum atomic E-state index is -4.03. The zero-order valence-electron chi connectivity index (χ0n) is 18.1. The fraction of sp³-hybridized carbons (Fsp3) is 0.381. The monoisotopic (exact) mass is 461 g/mol. The summed E-state index contributed by atoms with van der Waals surface area (Å²) in [5.74, 6) is -0.370. The smallest absolute Gasteiger partial charge is 0.245 e. The number of anilines is 1. The summed E-state index contributed by atoms with van der Waals surface area (Å²) in [5.41, 5.74) is -0.000303. The Kier molecular flexibility index (Phi) is 6.57. The number of nitrogens with zero attached hydrogens (tertiary/aromatic N) is 2. The summed E-state index contributed by atoms with van der Waals surface area (Å²) in [6.45, 7) is 2.95. The van der Waals surface area contributed by atoms with Crippen LogP contribution in [0.3, 0.4) is 0 Å². The van der Waals surface area contributed by atoms with Crippen molar-refractivity contribution in [2.24, 2.45) is 0 Å². The van der Waals surface area contributed by atoms with Gasteiger partial charge in [0, 0.05) is 12.6 Å². The van der Waals surface area contributed by atoms with E-state index >= 15 is 0 Å². The van der Waals surface area contributed by atoms with E-state index in [2.05, 4.69) is 5.32 Å². The van der Waals surface area contributed by atoms with Crippen molar-refractivity contribution in [3.63, 3.8) is 0 Å². The molecule has 3 rings (SSSR count). The zero-order valence-corrected chi connectivity index (χ0v) is 18.9. The van der Waals surface area contributed by atoms with Gasteiger partial charge in [-0.05, 0) is 38.8 Å². The number of nitriles is 1. The molecule has 1 aromatic heterocycles. The van der Waals surface area contributed by atoms with Gasteiger partial charge in [-0.15, -0.1) is 0 Å². The third kappa shape index (κ3) is 4.06. The van der Waals surface area contributed by atoms with Crippen molar-refractivity contribution < 1.29 is 31.9 Å². The van der Waals surface area contributed by atoms with Crippen LogP contribution in [0.1, 0.15) is 41.4 Å². The lowest BCUT2D eigenvalue weighted by Crippen LogP contribution is -2.43. The Balaban J connectivity index is 1.90. The van der Waals surface area contributed by atoms with Gasteiger partial charge in [-0.2, -0.15) is 9.57 Å². The molecule has 1 atom stereocenters. The lowest BCUT2D eigenvalue weighted by atomic mass is 10.1. The molecule has 0 aliphatic carbocycles. The molecule has 0 radical (unpaired) electrons. The van der Waals surface area contributed by atoms with E-state index in [9.17, 15) is 23.3 Å². The van der Waals surface area contributed by atoms with Gasteiger partial charge in [0.25, 0.3) is 0 Å². The summed E-state index contributed by atoms with van der Waals surface area (Å²) in [5, 5.41) is 11.9. The normalized spacial score (nSPS) is 16.4. The third-order valence-electron chi connectivity index (χ3n) is 5.25. The molecule has 1 amide bonds. The van der Waals surface area contributed by atoms with Gasteiger partial charge in [-0.3, -0.25) is 14.9 Å². The zero-order chi connectivity index (χ0) is 23.6. The van der Waals surface area contributed by atoms with Gasteiger partial charge in [0.1, 0.15) is 23.4 Å². The highest BCUT2D eigenvalue weighted by Gasteiger charge is 2.40. The van der Waals surface area contributed by atoms with E-state index in [0.717, 1.165) is 4.31 Å². The van der Waals surface area contributed by atoms with Gasteiger partial charge in [0.15, 0.2) is 17.3 Å². The third-order valence-corrected chi connectivity index (χ3v) is 7.16. The summed E-state index contributed by atoms with van der Waals surface area (Å²) in [6.07, 6.45) is 0.769. The SMILES string of the molecule is COc1ccc(S(=O)(=O)N2CCCC2C(=O)Nc2oc(C)c(C(C)=O)c2C#N)cc1OC. The van der Waals surface area contributed by atoms with E-state index in [0.29, 0.717) is 18.6 Å². The molecule has 0 saturated carbocycles. The van der Waals surface area contributed by atoms with Crippen molar-refractivity contribution in [3.05, 3.63) is 35.1 Å². The number of sulfonamides is 1. The number of benzene rings is 1. The highest BCUT2D eigenvalue weighted by Crippen LogP contribution is 2.34. The van der Waals surface area contributed by atoms with Crippen LogP contribution >= 0.6 is 0 Å². The van der Waals surface area contributed by atoms with Crippen LogP contribution in [0.2, 0.25) is 0 Å². The predicted molar refractivity (Wildman–Crippen MR) is 113 cm³/mol. The van der Waals surface area contributed by atoms with Gasteiger partial charge >= 0.3 is 0 Å². The maximum atomic E-state index is 13.3. The summed E-state index contributed by atoms with van der Waals surface area (Å²) >= 11 is 0. The van der Waals surface area contributed by atoms with Crippen molar-refractivity contribution in [2.75, 3.05) is 26.1 Å². The number of rotatable bonds is 7. The highest BCUT2D eigenvalue weighted by molar-refractivity contribution is 7.89. The molecule has 10 nitrogen and oxygen atoms in total. The standard InChI is InChI=1S/C21H23N3O7S/c1-12(25)19-13(2)31-21(15(19)11-22)23-20(26)16-6-5-9-24(16)32(27,28)14-7-8-17(29-3)18(10-14)30-4/h7-8,10,16H,5-6,9H2,1-4H3,(H,23,26). The minimum Gasteiger partial charge on any atom is -0.493 e. The average Bonchev–Trinajstić information content (AvgIpc) is 3.37. The topological polar surface area (TPSA) is 139 Å². The molecule has 170 valence electrons. The summed E-state index contributed by atoms with van der Waals surface area (Å²) in [7, 11) is -1.19. The van der Waals surface area contributed by atoms with Gasteiger partial charge in [0.05, 0.1) is 24.7 Å². The number of carbonyl (C=O) groups excluding carboxylic acids is 2. The number of amides is 1. The molecule has 1 unspecified atom stereocenters. The molecule has 1 fully saturated rings. The Hall–Kier alpha value is -3.36. The van der Waals surface area contributed by atoms with Crippen molar-refractivity contribution in [1.82, 2.24) is 4.31 Å². The van der Waals surface area contributed by atoms with Crippen molar-refractivity contribution >= 4 is 27.6 Å². The van der Waals surface area contributed by atoms with Gasteiger partial charge in [-0.1, -0.05) is 0 Å². The van der Waals surface area contributed by atoms with Crippen LogP contribution < -0.4 is 14.8 Å². The average molecular weight is 461 g/mol. The van der Waals surface area contributed by atoms with E-state index in [1.165, 1.54) is 46.3 Å². The second-order valence-corrected chi connectivity index (χ2v) is 9.08. The molecule has 1 aromatic carbocycles. The number of methoxy groups -OCH3 is 2. The first kappa shape index (κ1) is 23.3. The lowest BCUT2D eigenvalue weighted by molar-refractivity contribution is -0.119. The van der Waals surface area contributed by atoms with Gasteiger partial charge in [-0.25, -0.2) is 8.42 Å². The number of Topliss-reactive ketones (excluding diaryl/α,β-unsaturated/α-hetero) is 1. The van der Waals surface area contributed by atoms with Crippen LogP contribution in [0.15, 0.2) is 27.5 Å². The molecule has 2 heterocycles. The van der Waals surface area contributed by atoms with Crippen LogP contribution in [-0.2, 0) is 14.8 Å². The molecule has 1 aliphatic heterocycles.